The molecule has 4 nitrogen and oxygen atoms in total. The molecule has 2 atom stereocenters. The molecular weight excluding hydrogens is 178 g/mol. The lowest BCUT2D eigenvalue weighted by atomic mass is 10.2. The fraction of sp³-hybridized carbons (Fsp3) is 0.900. The molecule has 1 N–H and O–H groups in total. The number of carbonyl (C=O) groups excluding carboxylic acids is 1. The van der Waals surface area contributed by atoms with Crippen LogP contribution in [0.4, 0.5) is 0 Å². The maximum atomic E-state index is 11.7. The average Bonchev–Trinajstić information content (AvgIpc) is 2.47. The maximum absolute atomic E-state index is 11.7. The number of hydrogen-bond acceptors (Lipinski definition) is 3. The fourth-order valence-corrected chi connectivity index (χ4v) is 1.56. The summed E-state index contributed by atoms with van der Waals surface area (Å²) in [5.74, 6) is 0.251. The van der Waals surface area contributed by atoms with Gasteiger partial charge in [0.25, 0.3) is 0 Å². The summed E-state index contributed by atoms with van der Waals surface area (Å²) in [6.07, 6.45) is 0.881. The second-order valence-electron chi connectivity index (χ2n) is 4.20. The van der Waals surface area contributed by atoms with Gasteiger partial charge in [0.05, 0.1) is 12.7 Å². The van der Waals surface area contributed by atoms with Crippen molar-refractivity contribution in [2.45, 2.75) is 32.4 Å². The lowest BCUT2D eigenvalue weighted by Crippen LogP contribution is -2.40. The van der Waals surface area contributed by atoms with Crippen LogP contribution < -0.4 is 5.32 Å². The second-order valence-corrected chi connectivity index (χ2v) is 4.20. The summed E-state index contributed by atoms with van der Waals surface area (Å²) in [6.45, 7) is 5.69. The monoisotopic (exact) mass is 199 g/mol. The van der Waals surface area contributed by atoms with E-state index in [1.54, 1.807) is 0 Å². The Hall–Kier alpha value is -0.610. The molecule has 0 radical (unpaired) electrons. The van der Waals surface area contributed by atoms with Crippen molar-refractivity contribution in [1.82, 2.24) is 15.1 Å². The molecule has 1 amide bonds. The fourth-order valence-electron chi connectivity index (χ4n) is 1.56. The smallest absolute Gasteiger partial charge is 0.240 e. The van der Waals surface area contributed by atoms with Gasteiger partial charge in [-0.3, -0.25) is 10.1 Å². The molecule has 1 saturated heterocycles. The second kappa shape index (κ2) is 4.75. The summed E-state index contributed by atoms with van der Waals surface area (Å²) in [5.41, 5.74) is 0. The predicted octanol–water partition coefficient (Wildman–Crippen LogP) is 0.104. The van der Waals surface area contributed by atoms with Gasteiger partial charge in [-0.1, -0.05) is 6.92 Å². The molecule has 0 aromatic carbocycles. The summed E-state index contributed by atoms with van der Waals surface area (Å²) in [4.78, 5) is 15.8. The Morgan fingerprint density at radius 1 is 1.64 bits per heavy atom. The molecule has 1 heterocycles. The summed E-state index contributed by atoms with van der Waals surface area (Å²) >= 11 is 0. The number of carbonyl (C=O) groups is 1. The van der Waals surface area contributed by atoms with E-state index in [0.717, 1.165) is 13.0 Å². The zero-order valence-electron chi connectivity index (χ0n) is 9.58. The van der Waals surface area contributed by atoms with Gasteiger partial charge in [-0.05, 0) is 27.4 Å². The number of amides is 1. The molecule has 1 aliphatic rings. The lowest BCUT2D eigenvalue weighted by molar-refractivity contribution is -0.129. The van der Waals surface area contributed by atoms with Crippen molar-refractivity contribution in [3.8, 4) is 0 Å². The van der Waals surface area contributed by atoms with Crippen LogP contribution in [-0.4, -0.2) is 55.1 Å². The van der Waals surface area contributed by atoms with Crippen molar-refractivity contribution in [3.05, 3.63) is 0 Å². The first kappa shape index (κ1) is 11.5. The highest BCUT2D eigenvalue weighted by Crippen LogP contribution is 2.08. The standard InChI is InChI=1S/C10H21N3O/c1-5-9-10(14)13(7-11-9)6-8(2)12(3)4/h8-9,11H,5-7H2,1-4H3. The Morgan fingerprint density at radius 3 is 2.71 bits per heavy atom. The Bertz CT molecular complexity index is 206. The van der Waals surface area contributed by atoms with Crippen LogP contribution >= 0.6 is 0 Å². The molecular formula is C10H21N3O. The minimum atomic E-state index is 0.0457. The van der Waals surface area contributed by atoms with Gasteiger partial charge in [-0.2, -0.15) is 0 Å². The molecule has 0 spiro atoms. The Morgan fingerprint density at radius 2 is 2.29 bits per heavy atom. The molecule has 14 heavy (non-hydrogen) atoms. The number of nitrogens with one attached hydrogen (secondary N) is 1. The molecule has 0 aliphatic carbocycles. The van der Waals surface area contributed by atoms with Crippen LogP contribution in [0.25, 0.3) is 0 Å². The molecule has 2 unspecified atom stereocenters. The van der Waals surface area contributed by atoms with E-state index in [1.807, 2.05) is 25.9 Å². The van der Waals surface area contributed by atoms with E-state index in [4.69, 9.17) is 0 Å². The van der Waals surface area contributed by atoms with E-state index < -0.39 is 0 Å². The van der Waals surface area contributed by atoms with E-state index in [0.29, 0.717) is 12.7 Å². The van der Waals surface area contributed by atoms with Crippen LogP contribution in [0.2, 0.25) is 0 Å². The van der Waals surface area contributed by atoms with Gasteiger partial charge in [0.1, 0.15) is 0 Å². The minimum absolute atomic E-state index is 0.0457. The molecule has 1 aliphatic heterocycles. The number of rotatable bonds is 4. The van der Waals surface area contributed by atoms with E-state index in [-0.39, 0.29) is 11.9 Å². The van der Waals surface area contributed by atoms with Crippen molar-refractivity contribution in [2.24, 2.45) is 0 Å². The van der Waals surface area contributed by atoms with Gasteiger partial charge >= 0.3 is 0 Å². The summed E-state index contributed by atoms with van der Waals surface area (Å²) in [6, 6.07) is 0.459. The Balaban J connectivity index is 2.44. The van der Waals surface area contributed by atoms with E-state index in [9.17, 15) is 4.79 Å². The van der Waals surface area contributed by atoms with Gasteiger partial charge in [0.15, 0.2) is 0 Å². The number of hydrogen-bond donors (Lipinski definition) is 1. The van der Waals surface area contributed by atoms with Crippen LogP contribution in [0.1, 0.15) is 20.3 Å². The lowest BCUT2D eigenvalue weighted by Gasteiger charge is -2.25. The Labute approximate surface area is 86.2 Å². The molecule has 1 rings (SSSR count). The normalized spacial score (nSPS) is 24.8. The third-order valence-corrected chi connectivity index (χ3v) is 2.91. The van der Waals surface area contributed by atoms with Crippen LogP contribution in [-0.2, 0) is 4.79 Å². The highest BCUT2D eigenvalue weighted by atomic mass is 16.2. The summed E-state index contributed by atoms with van der Waals surface area (Å²) < 4.78 is 0. The summed E-state index contributed by atoms with van der Waals surface area (Å²) in [5, 5.41) is 3.21. The van der Waals surface area contributed by atoms with Crippen LogP contribution in [0.5, 0.6) is 0 Å². The third-order valence-electron chi connectivity index (χ3n) is 2.91. The van der Waals surface area contributed by atoms with Gasteiger partial charge in [-0.15, -0.1) is 0 Å². The molecule has 0 bridgehead atoms. The molecule has 1 fully saturated rings. The number of nitrogens with zero attached hydrogens (tertiary/aromatic N) is 2. The van der Waals surface area contributed by atoms with Gasteiger partial charge in [-0.25, -0.2) is 0 Å². The van der Waals surface area contributed by atoms with E-state index in [1.165, 1.54) is 0 Å². The van der Waals surface area contributed by atoms with E-state index >= 15 is 0 Å². The molecule has 0 aromatic heterocycles. The van der Waals surface area contributed by atoms with Gasteiger partial charge in [0, 0.05) is 12.6 Å². The maximum Gasteiger partial charge on any atom is 0.240 e. The third kappa shape index (κ3) is 2.45. The van der Waals surface area contributed by atoms with Crippen molar-refractivity contribution >= 4 is 5.91 Å². The van der Waals surface area contributed by atoms with Crippen LogP contribution in [0.3, 0.4) is 0 Å². The minimum Gasteiger partial charge on any atom is -0.327 e. The van der Waals surface area contributed by atoms with Crippen molar-refractivity contribution in [1.29, 1.82) is 0 Å². The van der Waals surface area contributed by atoms with E-state index in [2.05, 4.69) is 17.1 Å². The molecule has 82 valence electrons. The highest BCUT2D eigenvalue weighted by molar-refractivity contribution is 5.83. The SMILES string of the molecule is CCC1NCN(CC(C)N(C)C)C1=O. The van der Waals surface area contributed by atoms with Crippen molar-refractivity contribution < 1.29 is 4.79 Å². The molecule has 0 saturated carbocycles. The first-order valence-corrected chi connectivity index (χ1v) is 5.24. The zero-order valence-corrected chi connectivity index (χ0v) is 9.58. The first-order valence-electron chi connectivity index (χ1n) is 5.24. The first-order chi connectivity index (χ1) is 6.56. The number of likely N-dealkylation sites (N-methyl/N-ethyl adjacent to an activating group) is 1. The topological polar surface area (TPSA) is 35.6 Å². The van der Waals surface area contributed by atoms with Crippen molar-refractivity contribution in [2.75, 3.05) is 27.3 Å². The summed E-state index contributed by atoms with van der Waals surface area (Å²) in [7, 11) is 4.08. The van der Waals surface area contributed by atoms with Gasteiger partial charge in [0.2, 0.25) is 5.91 Å². The van der Waals surface area contributed by atoms with Crippen molar-refractivity contribution in [3.63, 3.8) is 0 Å². The van der Waals surface area contributed by atoms with Crippen LogP contribution in [0.15, 0.2) is 0 Å². The quantitative estimate of drug-likeness (QED) is 0.698. The highest BCUT2D eigenvalue weighted by Gasteiger charge is 2.30. The predicted molar refractivity (Wildman–Crippen MR) is 56.9 cm³/mol. The zero-order chi connectivity index (χ0) is 10.7. The average molecular weight is 199 g/mol. The molecule has 0 aromatic rings. The Kier molecular flexibility index (Phi) is 3.89. The van der Waals surface area contributed by atoms with Gasteiger partial charge < -0.3 is 9.80 Å². The largest absolute Gasteiger partial charge is 0.327 e. The molecule has 4 heteroatoms. The van der Waals surface area contributed by atoms with Crippen LogP contribution in [0, 0.1) is 0 Å².